The summed E-state index contributed by atoms with van der Waals surface area (Å²) in [6, 6.07) is 3.89. The van der Waals surface area contributed by atoms with Crippen molar-refractivity contribution < 1.29 is 14.2 Å². The van der Waals surface area contributed by atoms with E-state index in [9.17, 15) is 0 Å². The predicted octanol–water partition coefficient (Wildman–Crippen LogP) is 2.97. The van der Waals surface area contributed by atoms with Gasteiger partial charge in [-0.1, -0.05) is 13.8 Å². The van der Waals surface area contributed by atoms with Crippen LogP contribution in [0.1, 0.15) is 25.8 Å². The smallest absolute Gasteiger partial charge is 0.203 e. The van der Waals surface area contributed by atoms with Gasteiger partial charge >= 0.3 is 0 Å². The van der Waals surface area contributed by atoms with Crippen LogP contribution in [0.3, 0.4) is 0 Å². The van der Waals surface area contributed by atoms with Crippen LogP contribution in [-0.2, 0) is 6.54 Å². The molecule has 1 aromatic rings. The number of nitrogens with one attached hydrogen (secondary N) is 2. The van der Waals surface area contributed by atoms with E-state index in [1.54, 1.807) is 28.4 Å². The second-order valence-corrected chi connectivity index (χ2v) is 7.59. The van der Waals surface area contributed by atoms with Gasteiger partial charge in [-0.25, -0.2) is 0 Å². The first-order valence-corrected chi connectivity index (χ1v) is 9.96. The molecule has 1 aliphatic heterocycles. The molecule has 1 saturated heterocycles. The number of aliphatic imine (C=N–C) groups is 1. The van der Waals surface area contributed by atoms with Crippen LogP contribution in [0.5, 0.6) is 17.2 Å². The highest BCUT2D eigenvalue weighted by atomic mass is 127. The van der Waals surface area contributed by atoms with Crippen molar-refractivity contribution in [2.24, 2.45) is 16.8 Å². The lowest BCUT2D eigenvalue weighted by molar-refractivity contribution is 0.143. The third-order valence-corrected chi connectivity index (χ3v) is 5.07. The number of nitrogens with zero attached hydrogens (tertiary/aromatic N) is 2. The van der Waals surface area contributed by atoms with Gasteiger partial charge in [0.15, 0.2) is 17.5 Å². The first kappa shape index (κ1) is 25.6. The highest BCUT2D eigenvalue weighted by Gasteiger charge is 2.21. The molecule has 0 saturated carbocycles. The molecule has 2 N–H and O–H groups in total. The number of likely N-dealkylation sites (tertiary alicyclic amines) is 1. The van der Waals surface area contributed by atoms with Crippen molar-refractivity contribution in [3.05, 3.63) is 17.7 Å². The SMILES string of the molecule is CN=C(NCCN1CC(C)CC(C)C1)NCc1cc(OC)c(OC)c(OC)c1.I. The van der Waals surface area contributed by atoms with Crippen LogP contribution in [0.25, 0.3) is 0 Å². The minimum Gasteiger partial charge on any atom is -0.493 e. The van der Waals surface area contributed by atoms with E-state index in [2.05, 4.69) is 34.4 Å². The highest BCUT2D eigenvalue weighted by Crippen LogP contribution is 2.38. The average molecular weight is 520 g/mol. The molecule has 8 heteroatoms. The molecule has 0 aliphatic carbocycles. The summed E-state index contributed by atoms with van der Waals surface area (Å²) in [4.78, 5) is 6.86. The Balaban J connectivity index is 0.00000420. The number of hydrogen-bond donors (Lipinski definition) is 2. The van der Waals surface area contributed by atoms with Crippen molar-refractivity contribution in [2.75, 3.05) is 54.6 Å². The molecule has 29 heavy (non-hydrogen) atoms. The maximum atomic E-state index is 5.42. The summed E-state index contributed by atoms with van der Waals surface area (Å²) in [5.41, 5.74) is 1.02. The zero-order valence-corrected chi connectivity index (χ0v) is 20.9. The number of piperidine rings is 1. The second-order valence-electron chi connectivity index (χ2n) is 7.59. The fraction of sp³-hybridized carbons (Fsp3) is 0.667. The summed E-state index contributed by atoms with van der Waals surface area (Å²) in [6.07, 6.45) is 1.34. The Kier molecular flexibility index (Phi) is 11.5. The van der Waals surface area contributed by atoms with Gasteiger partial charge in [-0.05, 0) is 36.0 Å². The lowest BCUT2D eigenvalue weighted by Gasteiger charge is -2.35. The first-order valence-electron chi connectivity index (χ1n) is 9.96. The van der Waals surface area contributed by atoms with Gasteiger partial charge in [0.1, 0.15) is 0 Å². The van der Waals surface area contributed by atoms with Crippen LogP contribution in [0.2, 0.25) is 0 Å². The first-order chi connectivity index (χ1) is 13.5. The maximum absolute atomic E-state index is 5.42. The second kappa shape index (κ2) is 13.0. The van der Waals surface area contributed by atoms with Crippen molar-refractivity contribution in [1.82, 2.24) is 15.5 Å². The normalized spacial score (nSPS) is 19.9. The van der Waals surface area contributed by atoms with E-state index in [4.69, 9.17) is 14.2 Å². The third-order valence-electron chi connectivity index (χ3n) is 5.07. The number of hydrogen-bond acceptors (Lipinski definition) is 5. The van der Waals surface area contributed by atoms with Crippen molar-refractivity contribution in [3.8, 4) is 17.2 Å². The van der Waals surface area contributed by atoms with Gasteiger partial charge in [0.2, 0.25) is 5.75 Å². The van der Waals surface area contributed by atoms with E-state index in [0.29, 0.717) is 23.8 Å². The standard InChI is InChI=1S/C21H36N4O3.HI/c1-15-9-16(2)14-25(13-15)8-7-23-21(22-3)24-12-17-10-18(26-4)20(28-6)19(11-17)27-5;/h10-11,15-16H,7-9,12-14H2,1-6H3,(H2,22,23,24);1H. The fourth-order valence-corrected chi connectivity index (χ4v) is 3.95. The molecule has 7 nitrogen and oxygen atoms in total. The van der Waals surface area contributed by atoms with Crippen molar-refractivity contribution in [3.63, 3.8) is 0 Å². The number of benzene rings is 1. The average Bonchev–Trinajstić information content (AvgIpc) is 2.68. The molecule has 1 aromatic carbocycles. The fourth-order valence-electron chi connectivity index (χ4n) is 3.95. The van der Waals surface area contributed by atoms with E-state index in [0.717, 1.165) is 36.4 Å². The third kappa shape index (κ3) is 7.73. The summed E-state index contributed by atoms with van der Waals surface area (Å²) >= 11 is 0. The van der Waals surface area contributed by atoms with Crippen molar-refractivity contribution >= 4 is 29.9 Å². The summed E-state index contributed by atoms with van der Waals surface area (Å²) in [7, 11) is 6.64. The van der Waals surface area contributed by atoms with Gasteiger partial charge in [0, 0.05) is 39.8 Å². The van der Waals surface area contributed by atoms with Crippen LogP contribution in [0, 0.1) is 11.8 Å². The Hall–Kier alpha value is -1.42. The van der Waals surface area contributed by atoms with Gasteiger partial charge in [-0.15, -0.1) is 24.0 Å². The van der Waals surface area contributed by atoms with Gasteiger partial charge in [-0.3, -0.25) is 4.99 Å². The Bertz CT molecular complexity index is 622. The van der Waals surface area contributed by atoms with Crippen LogP contribution in [0.4, 0.5) is 0 Å². The van der Waals surface area contributed by atoms with E-state index in [1.165, 1.54) is 19.5 Å². The molecule has 0 radical (unpaired) electrons. The molecule has 2 rings (SSSR count). The van der Waals surface area contributed by atoms with E-state index in [1.807, 2.05) is 12.1 Å². The van der Waals surface area contributed by atoms with Crippen molar-refractivity contribution in [1.29, 1.82) is 0 Å². The summed E-state index contributed by atoms with van der Waals surface area (Å²) in [5.74, 6) is 4.24. The lowest BCUT2D eigenvalue weighted by Crippen LogP contribution is -2.45. The van der Waals surface area contributed by atoms with Gasteiger partial charge in [0.25, 0.3) is 0 Å². The van der Waals surface area contributed by atoms with E-state index < -0.39 is 0 Å². The monoisotopic (exact) mass is 520 g/mol. The molecule has 1 fully saturated rings. The molecule has 2 unspecified atom stereocenters. The molecule has 1 heterocycles. The van der Waals surface area contributed by atoms with Crippen LogP contribution in [-0.4, -0.2) is 65.4 Å². The predicted molar refractivity (Wildman–Crippen MR) is 129 cm³/mol. The van der Waals surface area contributed by atoms with Gasteiger partial charge < -0.3 is 29.7 Å². The highest BCUT2D eigenvalue weighted by molar-refractivity contribution is 14.0. The Labute approximate surface area is 192 Å². The molecule has 0 aromatic heterocycles. The molecule has 0 spiro atoms. The number of halogens is 1. The Morgan fingerprint density at radius 2 is 1.62 bits per heavy atom. The molecule has 0 bridgehead atoms. The quantitative estimate of drug-likeness (QED) is 0.312. The minimum absolute atomic E-state index is 0. The van der Waals surface area contributed by atoms with Crippen LogP contribution in [0.15, 0.2) is 17.1 Å². The van der Waals surface area contributed by atoms with E-state index >= 15 is 0 Å². The summed E-state index contributed by atoms with van der Waals surface area (Å²) in [5, 5.41) is 6.76. The van der Waals surface area contributed by atoms with Gasteiger partial charge in [-0.2, -0.15) is 0 Å². The van der Waals surface area contributed by atoms with Crippen molar-refractivity contribution in [2.45, 2.75) is 26.8 Å². The van der Waals surface area contributed by atoms with Crippen LogP contribution >= 0.6 is 24.0 Å². The number of methoxy groups -OCH3 is 3. The largest absolute Gasteiger partial charge is 0.493 e. The molecular weight excluding hydrogens is 483 g/mol. The van der Waals surface area contributed by atoms with Crippen LogP contribution < -0.4 is 24.8 Å². The summed E-state index contributed by atoms with van der Waals surface area (Å²) in [6.45, 7) is 9.55. The number of guanidine groups is 1. The summed E-state index contributed by atoms with van der Waals surface area (Å²) < 4.78 is 16.2. The number of ether oxygens (including phenoxy) is 3. The lowest BCUT2D eigenvalue weighted by atomic mass is 9.92. The Morgan fingerprint density at radius 3 is 2.10 bits per heavy atom. The number of rotatable bonds is 8. The molecular formula is C21H37IN4O3. The zero-order valence-electron chi connectivity index (χ0n) is 18.6. The van der Waals surface area contributed by atoms with E-state index in [-0.39, 0.29) is 24.0 Å². The molecule has 0 amide bonds. The zero-order chi connectivity index (χ0) is 20.5. The molecule has 1 aliphatic rings. The molecule has 2 atom stereocenters. The maximum Gasteiger partial charge on any atom is 0.203 e. The Morgan fingerprint density at radius 1 is 1.03 bits per heavy atom. The topological polar surface area (TPSA) is 67.4 Å². The van der Waals surface area contributed by atoms with Gasteiger partial charge in [0.05, 0.1) is 21.3 Å². The molecule has 166 valence electrons. The minimum atomic E-state index is 0.